The quantitative estimate of drug-likeness (QED) is 0.811. The Kier molecular flexibility index (Phi) is 4.26. The number of nitrogens with zero attached hydrogens (tertiary/aromatic N) is 2. The highest BCUT2D eigenvalue weighted by molar-refractivity contribution is 7.91. The van der Waals surface area contributed by atoms with Crippen molar-refractivity contribution in [2.75, 3.05) is 16.8 Å². The average Bonchev–Trinajstić information content (AvgIpc) is 3.28. The van der Waals surface area contributed by atoms with Gasteiger partial charge in [0.2, 0.25) is 0 Å². The predicted octanol–water partition coefficient (Wildman–Crippen LogP) is 1.08. The third-order valence-electron chi connectivity index (χ3n) is 5.14. The van der Waals surface area contributed by atoms with Crippen molar-refractivity contribution >= 4 is 27.3 Å². The van der Waals surface area contributed by atoms with E-state index in [0.717, 1.165) is 30.5 Å². The number of primary amides is 1. The van der Waals surface area contributed by atoms with E-state index in [1.807, 2.05) is 0 Å². The summed E-state index contributed by atoms with van der Waals surface area (Å²) in [6.07, 6.45) is 2.87. The summed E-state index contributed by atoms with van der Waals surface area (Å²) in [5, 5.41) is 7.32. The molecule has 2 aliphatic rings. The Balaban J connectivity index is 1.71. The lowest BCUT2D eigenvalue weighted by Gasteiger charge is -2.15. The SMILES string of the molecule is NC(=O)c1ccccc1NC(=O)c1c2c(nn1C1CCS(=O)(=O)C1)CCC2. The molecule has 2 amide bonds. The van der Waals surface area contributed by atoms with E-state index < -0.39 is 21.7 Å². The van der Waals surface area contributed by atoms with Crippen molar-refractivity contribution in [1.29, 1.82) is 0 Å². The first-order valence-corrected chi connectivity index (χ1v) is 10.7. The molecule has 1 aromatic heterocycles. The first-order valence-electron chi connectivity index (χ1n) is 8.86. The van der Waals surface area contributed by atoms with Crippen LogP contribution in [0.2, 0.25) is 0 Å². The van der Waals surface area contributed by atoms with Crippen molar-refractivity contribution in [3.63, 3.8) is 0 Å². The van der Waals surface area contributed by atoms with Crippen molar-refractivity contribution in [3.8, 4) is 0 Å². The molecule has 142 valence electrons. The van der Waals surface area contributed by atoms with Gasteiger partial charge >= 0.3 is 0 Å². The molecular weight excluding hydrogens is 368 g/mol. The van der Waals surface area contributed by atoms with Gasteiger partial charge < -0.3 is 11.1 Å². The van der Waals surface area contributed by atoms with Gasteiger partial charge in [0.15, 0.2) is 9.84 Å². The Hall–Kier alpha value is -2.68. The van der Waals surface area contributed by atoms with E-state index >= 15 is 0 Å². The molecule has 9 heteroatoms. The fourth-order valence-electron chi connectivity index (χ4n) is 3.87. The summed E-state index contributed by atoms with van der Waals surface area (Å²) >= 11 is 0. The monoisotopic (exact) mass is 388 g/mol. The summed E-state index contributed by atoms with van der Waals surface area (Å²) < 4.78 is 25.4. The summed E-state index contributed by atoms with van der Waals surface area (Å²) in [7, 11) is -3.11. The van der Waals surface area contributed by atoms with Crippen LogP contribution in [0, 0.1) is 0 Å². The zero-order valence-electron chi connectivity index (χ0n) is 14.6. The molecule has 4 rings (SSSR count). The van der Waals surface area contributed by atoms with Gasteiger partial charge in [-0.15, -0.1) is 0 Å². The van der Waals surface area contributed by atoms with Crippen molar-refractivity contribution in [2.24, 2.45) is 5.73 Å². The van der Waals surface area contributed by atoms with Gasteiger partial charge in [-0.2, -0.15) is 5.10 Å². The minimum absolute atomic E-state index is 0.00822. The minimum Gasteiger partial charge on any atom is -0.366 e. The van der Waals surface area contributed by atoms with Crippen molar-refractivity contribution in [2.45, 2.75) is 31.7 Å². The van der Waals surface area contributed by atoms with Gasteiger partial charge in [-0.25, -0.2) is 8.42 Å². The Morgan fingerprint density at radius 1 is 1.22 bits per heavy atom. The van der Waals surface area contributed by atoms with Crippen molar-refractivity contribution in [1.82, 2.24) is 9.78 Å². The molecule has 27 heavy (non-hydrogen) atoms. The maximum absolute atomic E-state index is 13.1. The number of rotatable bonds is 4. The van der Waals surface area contributed by atoms with Crippen LogP contribution in [0.3, 0.4) is 0 Å². The maximum atomic E-state index is 13.1. The molecule has 1 aliphatic carbocycles. The molecule has 1 aliphatic heterocycles. The molecule has 0 radical (unpaired) electrons. The molecule has 2 aromatic rings. The third-order valence-corrected chi connectivity index (χ3v) is 6.89. The zero-order valence-corrected chi connectivity index (χ0v) is 15.5. The van der Waals surface area contributed by atoms with Gasteiger partial charge in [-0.05, 0) is 37.8 Å². The van der Waals surface area contributed by atoms with Crippen molar-refractivity contribution in [3.05, 3.63) is 46.8 Å². The van der Waals surface area contributed by atoms with E-state index in [1.165, 1.54) is 0 Å². The van der Waals surface area contributed by atoms with Crippen LogP contribution in [-0.2, 0) is 22.7 Å². The molecule has 1 atom stereocenters. The number of aryl methyl sites for hydroxylation is 1. The first-order chi connectivity index (χ1) is 12.9. The molecule has 1 aromatic carbocycles. The van der Waals surface area contributed by atoms with Gasteiger partial charge in [-0.1, -0.05) is 12.1 Å². The van der Waals surface area contributed by atoms with Gasteiger partial charge in [0.1, 0.15) is 5.69 Å². The second kappa shape index (κ2) is 6.49. The maximum Gasteiger partial charge on any atom is 0.274 e. The standard InChI is InChI=1S/C18H20N4O4S/c19-17(23)13-4-1-2-6-14(13)20-18(24)16-12-5-3-7-15(12)21-22(16)11-8-9-27(25,26)10-11/h1-2,4,6,11H,3,5,7-10H2,(H2,19,23)(H,20,24). The lowest BCUT2D eigenvalue weighted by Crippen LogP contribution is -2.24. The second-order valence-electron chi connectivity index (χ2n) is 6.99. The topological polar surface area (TPSA) is 124 Å². The molecule has 3 N–H and O–H groups in total. The number of aromatic nitrogens is 2. The molecule has 8 nitrogen and oxygen atoms in total. The Morgan fingerprint density at radius 3 is 2.70 bits per heavy atom. The second-order valence-corrected chi connectivity index (χ2v) is 9.22. The summed E-state index contributed by atoms with van der Waals surface area (Å²) in [5.41, 5.74) is 8.05. The van der Waals surface area contributed by atoms with E-state index in [9.17, 15) is 18.0 Å². The number of carbonyl (C=O) groups excluding carboxylic acids is 2. The fourth-order valence-corrected chi connectivity index (χ4v) is 5.57. The minimum atomic E-state index is -3.11. The lowest BCUT2D eigenvalue weighted by molar-refractivity contribution is 0.100. The number of hydrogen-bond acceptors (Lipinski definition) is 5. The summed E-state index contributed by atoms with van der Waals surface area (Å²) in [4.78, 5) is 24.7. The van der Waals surface area contributed by atoms with Gasteiger partial charge in [0.25, 0.3) is 11.8 Å². The number of amides is 2. The predicted molar refractivity (Wildman–Crippen MR) is 99.5 cm³/mol. The van der Waals surface area contributed by atoms with Crippen LogP contribution in [0.25, 0.3) is 0 Å². The number of para-hydroxylation sites is 1. The van der Waals surface area contributed by atoms with Crippen LogP contribution in [0.4, 0.5) is 5.69 Å². The number of benzene rings is 1. The van der Waals surface area contributed by atoms with Crippen LogP contribution in [0.5, 0.6) is 0 Å². The fraction of sp³-hybridized carbons (Fsp3) is 0.389. The smallest absolute Gasteiger partial charge is 0.274 e. The van der Waals surface area contributed by atoms with Gasteiger partial charge in [0, 0.05) is 5.56 Å². The summed E-state index contributed by atoms with van der Waals surface area (Å²) in [6, 6.07) is 6.18. The number of fused-ring (bicyclic) bond motifs is 1. The Bertz CT molecular complexity index is 1040. The highest BCUT2D eigenvalue weighted by Crippen LogP contribution is 2.32. The van der Waals surface area contributed by atoms with E-state index in [0.29, 0.717) is 17.8 Å². The highest BCUT2D eigenvalue weighted by Gasteiger charge is 2.35. The largest absolute Gasteiger partial charge is 0.366 e. The Morgan fingerprint density at radius 2 is 2.00 bits per heavy atom. The molecule has 0 spiro atoms. The number of anilines is 1. The number of nitrogens with one attached hydrogen (secondary N) is 1. The molecular formula is C18H20N4O4S. The highest BCUT2D eigenvalue weighted by atomic mass is 32.2. The Labute approximate surface area is 156 Å². The molecule has 1 fully saturated rings. The molecule has 0 bridgehead atoms. The van der Waals surface area contributed by atoms with E-state index in [-0.39, 0.29) is 23.1 Å². The zero-order chi connectivity index (χ0) is 19.2. The first kappa shape index (κ1) is 17.7. The van der Waals surface area contributed by atoms with Gasteiger partial charge in [-0.3, -0.25) is 14.3 Å². The summed E-state index contributed by atoms with van der Waals surface area (Å²) in [5.74, 6) is -0.936. The number of carbonyl (C=O) groups is 2. The summed E-state index contributed by atoms with van der Waals surface area (Å²) in [6.45, 7) is 0. The molecule has 1 saturated heterocycles. The van der Waals surface area contributed by atoms with Crippen LogP contribution in [0.1, 0.15) is 51.0 Å². The van der Waals surface area contributed by atoms with Crippen LogP contribution >= 0.6 is 0 Å². The number of hydrogen-bond donors (Lipinski definition) is 2. The lowest BCUT2D eigenvalue weighted by atomic mass is 10.1. The van der Waals surface area contributed by atoms with E-state index in [2.05, 4.69) is 10.4 Å². The van der Waals surface area contributed by atoms with Gasteiger partial charge in [0.05, 0.1) is 34.5 Å². The number of sulfone groups is 1. The van der Waals surface area contributed by atoms with Crippen LogP contribution < -0.4 is 11.1 Å². The van der Waals surface area contributed by atoms with Crippen LogP contribution in [-0.4, -0.2) is 41.5 Å². The van der Waals surface area contributed by atoms with Crippen LogP contribution in [0.15, 0.2) is 24.3 Å². The van der Waals surface area contributed by atoms with Crippen molar-refractivity contribution < 1.29 is 18.0 Å². The third kappa shape index (κ3) is 3.23. The molecule has 2 heterocycles. The number of nitrogens with two attached hydrogens (primary N) is 1. The normalized spacial score (nSPS) is 20.4. The van der Waals surface area contributed by atoms with E-state index in [1.54, 1.807) is 28.9 Å². The van der Waals surface area contributed by atoms with E-state index in [4.69, 9.17) is 5.73 Å². The molecule has 0 saturated carbocycles. The average molecular weight is 388 g/mol. The molecule has 1 unspecified atom stereocenters.